The van der Waals surface area contributed by atoms with Crippen molar-refractivity contribution in [2.45, 2.75) is 25.3 Å². The molecule has 0 aliphatic heterocycles. The second-order valence-corrected chi connectivity index (χ2v) is 3.60. The van der Waals surface area contributed by atoms with Gasteiger partial charge in [-0.25, -0.2) is 4.79 Å². The minimum absolute atomic E-state index is 0.292. The van der Waals surface area contributed by atoms with Crippen molar-refractivity contribution in [3.05, 3.63) is 35.4 Å². The number of fused-ring (bicyclic) bond motifs is 1. The van der Waals surface area contributed by atoms with Crippen LogP contribution >= 0.6 is 0 Å². The van der Waals surface area contributed by atoms with Crippen LogP contribution in [0.5, 0.6) is 0 Å². The maximum atomic E-state index is 9.00. The summed E-state index contributed by atoms with van der Waals surface area (Å²) in [7, 11) is 0. The molecule has 4 nitrogen and oxygen atoms in total. The van der Waals surface area contributed by atoms with Crippen LogP contribution in [0.1, 0.15) is 30.0 Å². The van der Waals surface area contributed by atoms with Crippen molar-refractivity contribution in [3.8, 4) is 0 Å². The van der Waals surface area contributed by atoms with Crippen LogP contribution in [0.3, 0.4) is 0 Å². The van der Waals surface area contributed by atoms with Crippen LogP contribution < -0.4 is 17.2 Å². The standard InChI is InChI=1S/C10H13N.CH4N2O/c11-10-7-3-5-8-4-1-2-6-9(8)10;2-1(3)4/h1-2,4,6,10H,3,5,7,11H2;(H4,2,3,4). The van der Waals surface area contributed by atoms with Crippen LogP contribution in [0, 0.1) is 0 Å². The highest BCUT2D eigenvalue weighted by Gasteiger charge is 2.14. The van der Waals surface area contributed by atoms with E-state index in [2.05, 4.69) is 35.7 Å². The van der Waals surface area contributed by atoms with Crippen molar-refractivity contribution in [1.29, 1.82) is 0 Å². The van der Waals surface area contributed by atoms with E-state index in [0.717, 1.165) is 6.42 Å². The largest absolute Gasteiger partial charge is 0.352 e. The first-order valence-corrected chi connectivity index (χ1v) is 4.99. The molecule has 1 aromatic rings. The third kappa shape index (κ3) is 3.59. The molecule has 1 unspecified atom stereocenters. The minimum atomic E-state index is -0.833. The molecule has 1 aromatic carbocycles. The maximum Gasteiger partial charge on any atom is 0.309 e. The lowest BCUT2D eigenvalue weighted by Gasteiger charge is -2.21. The van der Waals surface area contributed by atoms with E-state index in [1.807, 2.05) is 0 Å². The van der Waals surface area contributed by atoms with E-state index >= 15 is 0 Å². The highest BCUT2D eigenvalue weighted by atomic mass is 16.2. The first kappa shape index (κ1) is 11.5. The van der Waals surface area contributed by atoms with E-state index in [4.69, 9.17) is 10.5 Å². The Kier molecular flexibility index (Phi) is 4.12. The summed E-state index contributed by atoms with van der Waals surface area (Å²) in [5, 5.41) is 0. The Morgan fingerprint density at radius 1 is 1.27 bits per heavy atom. The number of amides is 2. The van der Waals surface area contributed by atoms with Crippen LogP contribution in [0.25, 0.3) is 0 Å². The van der Waals surface area contributed by atoms with Crippen LogP contribution in [0.2, 0.25) is 0 Å². The quantitative estimate of drug-likeness (QED) is 0.592. The number of hydrogen-bond acceptors (Lipinski definition) is 2. The first-order valence-electron chi connectivity index (χ1n) is 4.99. The molecule has 0 fully saturated rings. The molecule has 1 aliphatic rings. The van der Waals surface area contributed by atoms with Gasteiger partial charge in [0, 0.05) is 6.04 Å². The fourth-order valence-electron chi connectivity index (χ4n) is 1.79. The van der Waals surface area contributed by atoms with E-state index in [-0.39, 0.29) is 0 Å². The van der Waals surface area contributed by atoms with Gasteiger partial charge in [-0.15, -0.1) is 0 Å². The number of primary amides is 2. The number of urea groups is 1. The zero-order valence-electron chi connectivity index (χ0n) is 8.65. The lowest BCUT2D eigenvalue weighted by Crippen LogP contribution is -2.18. The van der Waals surface area contributed by atoms with Gasteiger partial charge in [-0.2, -0.15) is 0 Å². The van der Waals surface area contributed by atoms with Gasteiger partial charge >= 0.3 is 6.03 Å². The Hall–Kier alpha value is -1.55. The van der Waals surface area contributed by atoms with Crippen LogP contribution in [-0.2, 0) is 6.42 Å². The summed E-state index contributed by atoms with van der Waals surface area (Å²) >= 11 is 0. The zero-order chi connectivity index (χ0) is 11.3. The van der Waals surface area contributed by atoms with Crippen molar-refractivity contribution in [1.82, 2.24) is 0 Å². The fraction of sp³-hybridized carbons (Fsp3) is 0.364. The van der Waals surface area contributed by atoms with Gasteiger partial charge in [0.15, 0.2) is 0 Å². The van der Waals surface area contributed by atoms with E-state index in [1.165, 1.54) is 24.0 Å². The lowest BCUT2D eigenvalue weighted by molar-refractivity contribution is 0.256. The molecule has 2 rings (SSSR count). The molecule has 0 spiro atoms. The molecule has 82 valence electrons. The normalized spacial score (nSPS) is 18.3. The molecule has 15 heavy (non-hydrogen) atoms. The number of benzene rings is 1. The Bertz CT molecular complexity index is 334. The molecule has 1 aliphatic carbocycles. The second kappa shape index (κ2) is 5.36. The fourth-order valence-corrected chi connectivity index (χ4v) is 1.79. The second-order valence-electron chi connectivity index (χ2n) is 3.60. The lowest BCUT2D eigenvalue weighted by atomic mass is 9.88. The third-order valence-electron chi connectivity index (χ3n) is 2.42. The molecule has 0 aromatic heterocycles. The Labute approximate surface area is 89.4 Å². The van der Waals surface area contributed by atoms with Crippen LogP contribution in [-0.4, -0.2) is 6.03 Å². The van der Waals surface area contributed by atoms with Crippen LogP contribution in [0.4, 0.5) is 4.79 Å². The Morgan fingerprint density at radius 3 is 2.47 bits per heavy atom. The van der Waals surface area contributed by atoms with E-state index in [0.29, 0.717) is 6.04 Å². The van der Waals surface area contributed by atoms with Crippen molar-refractivity contribution >= 4 is 6.03 Å². The Balaban J connectivity index is 0.000000245. The maximum absolute atomic E-state index is 9.00. The molecule has 4 heteroatoms. The summed E-state index contributed by atoms with van der Waals surface area (Å²) in [6, 6.07) is 7.97. The SMILES string of the molecule is NC(N)=O.NC1CCCc2ccccc21. The van der Waals surface area contributed by atoms with Crippen molar-refractivity contribution in [3.63, 3.8) is 0 Å². The van der Waals surface area contributed by atoms with Crippen molar-refractivity contribution in [2.24, 2.45) is 17.2 Å². The number of aryl methyl sites for hydroxylation is 1. The van der Waals surface area contributed by atoms with Gasteiger partial charge in [-0.3, -0.25) is 0 Å². The summed E-state index contributed by atoms with van der Waals surface area (Å²) in [6.07, 6.45) is 3.61. The molecule has 0 radical (unpaired) electrons. The van der Waals surface area contributed by atoms with Gasteiger partial charge in [-0.05, 0) is 30.4 Å². The van der Waals surface area contributed by atoms with E-state index in [1.54, 1.807) is 0 Å². The number of rotatable bonds is 0. The summed E-state index contributed by atoms with van der Waals surface area (Å²) in [5.74, 6) is 0. The van der Waals surface area contributed by atoms with E-state index in [9.17, 15) is 0 Å². The average Bonchev–Trinajstić information content (AvgIpc) is 2.18. The highest BCUT2D eigenvalue weighted by Crippen LogP contribution is 2.26. The summed E-state index contributed by atoms with van der Waals surface area (Å²) in [6.45, 7) is 0. The summed E-state index contributed by atoms with van der Waals surface area (Å²) in [4.78, 5) is 9.00. The number of carbonyl (C=O) groups is 1. The molecular weight excluding hydrogens is 190 g/mol. The number of carbonyl (C=O) groups excluding carboxylic acids is 1. The Morgan fingerprint density at radius 2 is 1.87 bits per heavy atom. The van der Waals surface area contributed by atoms with Gasteiger partial charge in [-0.1, -0.05) is 24.3 Å². The third-order valence-corrected chi connectivity index (χ3v) is 2.42. The monoisotopic (exact) mass is 207 g/mol. The number of hydrogen-bond donors (Lipinski definition) is 3. The zero-order valence-corrected chi connectivity index (χ0v) is 8.65. The van der Waals surface area contributed by atoms with Crippen molar-refractivity contribution < 1.29 is 4.79 Å². The van der Waals surface area contributed by atoms with Gasteiger partial charge in [0.2, 0.25) is 0 Å². The molecule has 0 heterocycles. The number of nitrogens with two attached hydrogens (primary N) is 3. The van der Waals surface area contributed by atoms with Gasteiger partial charge < -0.3 is 17.2 Å². The minimum Gasteiger partial charge on any atom is -0.352 e. The molecule has 0 saturated heterocycles. The predicted octanol–water partition coefficient (Wildman–Crippen LogP) is 1.05. The van der Waals surface area contributed by atoms with Gasteiger partial charge in [0.25, 0.3) is 0 Å². The van der Waals surface area contributed by atoms with E-state index < -0.39 is 6.03 Å². The average molecular weight is 207 g/mol. The smallest absolute Gasteiger partial charge is 0.309 e. The van der Waals surface area contributed by atoms with Gasteiger partial charge in [0.1, 0.15) is 0 Å². The molecule has 6 N–H and O–H groups in total. The highest BCUT2D eigenvalue weighted by molar-refractivity contribution is 5.69. The molecule has 2 amide bonds. The van der Waals surface area contributed by atoms with Crippen LogP contribution in [0.15, 0.2) is 24.3 Å². The first-order chi connectivity index (χ1) is 7.11. The van der Waals surface area contributed by atoms with Crippen molar-refractivity contribution in [2.75, 3.05) is 0 Å². The van der Waals surface area contributed by atoms with Gasteiger partial charge in [0.05, 0.1) is 0 Å². The molecule has 1 atom stereocenters. The summed E-state index contributed by atoms with van der Waals surface area (Å²) in [5.41, 5.74) is 17.3. The molecule has 0 saturated carbocycles. The summed E-state index contributed by atoms with van der Waals surface area (Å²) < 4.78 is 0. The predicted molar refractivity (Wildman–Crippen MR) is 60.1 cm³/mol. The molecule has 0 bridgehead atoms. The molecular formula is C11H17N3O. The topological polar surface area (TPSA) is 95.1 Å².